The van der Waals surface area contributed by atoms with Crippen LogP contribution in [0, 0.1) is 11.3 Å². The fraction of sp³-hybridized carbons (Fsp3) is 0.353. The number of aromatic nitrogens is 1. The summed E-state index contributed by atoms with van der Waals surface area (Å²) in [7, 11) is 2.11. The van der Waals surface area contributed by atoms with Gasteiger partial charge < -0.3 is 25.8 Å². The molecular weight excluding hydrogens is 552 g/mol. The van der Waals surface area contributed by atoms with Crippen LogP contribution in [-0.2, 0) is 11.3 Å². The van der Waals surface area contributed by atoms with Crippen molar-refractivity contribution in [3.63, 3.8) is 0 Å². The van der Waals surface area contributed by atoms with Crippen molar-refractivity contribution in [2.24, 2.45) is 0 Å². The summed E-state index contributed by atoms with van der Waals surface area (Å²) in [6.45, 7) is 7.60. The van der Waals surface area contributed by atoms with Crippen molar-refractivity contribution in [1.82, 2.24) is 15.2 Å². The summed E-state index contributed by atoms with van der Waals surface area (Å²) in [4.78, 5) is 37.2. The lowest BCUT2D eigenvalue weighted by Crippen LogP contribution is -2.48. The average molecular weight is 593 g/mol. The normalized spacial score (nSPS) is 18.5. The van der Waals surface area contributed by atoms with Crippen molar-refractivity contribution >= 4 is 34.8 Å². The molecule has 1 aromatic heterocycles. The molecule has 5 rings (SSSR count). The van der Waals surface area contributed by atoms with Gasteiger partial charge in [-0.2, -0.15) is 5.26 Å². The van der Waals surface area contributed by atoms with E-state index in [0.29, 0.717) is 17.8 Å². The minimum Gasteiger partial charge on any atom is -0.367 e. The Balaban J connectivity index is 1.38. The Morgan fingerprint density at radius 2 is 1.80 bits per heavy atom. The minimum absolute atomic E-state index is 0.0322. The number of nitriles is 1. The first-order valence-corrected chi connectivity index (χ1v) is 15.2. The van der Waals surface area contributed by atoms with Crippen LogP contribution in [-0.4, -0.2) is 67.1 Å². The number of anilines is 4. The number of rotatable bonds is 9. The highest BCUT2D eigenvalue weighted by atomic mass is 16.2. The predicted molar refractivity (Wildman–Crippen MR) is 175 cm³/mol. The monoisotopic (exact) mass is 592 g/mol. The third-order valence-electron chi connectivity index (χ3n) is 8.36. The number of amides is 3. The molecule has 10 nitrogen and oxygen atoms in total. The third-order valence-corrected chi connectivity index (χ3v) is 8.36. The van der Waals surface area contributed by atoms with Crippen LogP contribution in [0.15, 0.2) is 79.5 Å². The van der Waals surface area contributed by atoms with Gasteiger partial charge in [0.1, 0.15) is 11.9 Å². The van der Waals surface area contributed by atoms with Crippen LogP contribution in [0.25, 0.3) is 0 Å². The number of hydrogen-bond acceptors (Lipinski definition) is 7. The number of nitrogens with zero attached hydrogens (tertiary/aromatic N) is 5. The van der Waals surface area contributed by atoms with Gasteiger partial charge in [-0.3, -0.25) is 9.69 Å². The summed E-state index contributed by atoms with van der Waals surface area (Å²) in [5.41, 5.74) is 3.88. The highest BCUT2D eigenvalue weighted by Crippen LogP contribution is 2.35. The van der Waals surface area contributed by atoms with E-state index in [2.05, 4.69) is 50.4 Å². The van der Waals surface area contributed by atoms with Crippen LogP contribution in [0.1, 0.15) is 36.8 Å². The van der Waals surface area contributed by atoms with Gasteiger partial charge in [-0.25, -0.2) is 9.78 Å². The highest BCUT2D eigenvalue weighted by Gasteiger charge is 2.31. The maximum atomic E-state index is 13.9. The van der Waals surface area contributed by atoms with Crippen molar-refractivity contribution in [2.45, 2.75) is 44.3 Å². The zero-order valence-electron chi connectivity index (χ0n) is 25.2. The Kier molecular flexibility index (Phi) is 10.1. The minimum atomic E-state index is -0.291. The number of carbonyl (C=O) groups excluding carboxylic acids is 2. The molecule has 2 aliphatic rings. The van der Waals surface area contributed by atoms with E-state index in [1.807, 2.05) is 59.5 Å². The molecular formula is C34H40N8O2. The first kappa shape index (κ1) is 30.6. The predicted octanol–water partition coefficient (Wildman–Crippen LogP) is 4.97. The average Bonchev–Trinajstić information content (AvgIpc) is 3.06. The van der Waals surface area contributed by atoms with E-state index in [1.165, 1.54) is 6.08 Å². The van der Waals surface area contributed by atoms with E-state index in [-0.39, 0.29) is 24.0 Å². The van der Waals surface area contributed by atoms with Gasteiger partial charge in [0, 0.05) is 56.7 Å². The Bertz CT molecular complexity index is 1470. The number of urea groups is 1. The molecule has 3 aromatic rings. The standard InChI is InChI=1S/C34H40N8O2/c1-3-33(43)39-30-21-29(14-15-31(30)41-19-17-40(2)18-20-41)42(34(44)37-23-25-7-5-4-6-8-25)28-12-10-27(11-13-28)38-32-16-9-26(22-35)24-36-32/h3-9,14-16,21,24,27-28H,1,10-13,17-20,23H2,2H3,(H,36,38)(H,37,44)(H,39,43). The lowest BCUT2D eigenvalue weighted by Gasteiger charge is -2.38. The number of likely N-dealkylation sites (N-methyl/N-ethyl adjacent to an activating group) is 1. The highest BCUT2D eigenvalue weighted by molar-refractivity contribution is 6.02. The van der Waals surface area contributed by atoms with Crippen LogP contribution in [0.4, 0.5) is 27.7 Å². The maximum absolute atomic E-state index is 13.9. The number of pyridine rings is 1. The van der Waals surface area contributed by atoms with Crippen molar-refractivity contribution < 1.29 is 9.59 Å². The molecule has 3 N–H and O–H groups in total. The van der Waals surface area contributed by atoms with Crippen LogP contribution in [0.5, 0.6) is 0 Å². The van der Waals surface area contributed by atoms with Gasteiger partial charge in [-0.1, -0.05) is 36.9 Å². The van der Waals surface area contributed by atoms with Crippen LogP contribution >= 0.6 is 0 Å². The van der Waals surface area contributed by atoms with Gasteiger partial charge in [0.15, 0.2) is 0 Å². The fourth-order valence-electron chi connectivity index (χ4n) is 5.87. The van der Waals surface area contributed by atoms with E-state index < -0.39 is 0 Å². The quantitative estimate of drug-likeness (QED) is 0.301. The zero-order chi connectivity index (χ0) is 30.9. The number of nitrogens with one attached hydrogen (secondary N) is 3. The van der Waals surface area contributed by atoms with Gasteiger partial charge in [-0.15, -0.1) is 0 Å². The Morgan fingerprint density at radius 1 is 1.05 bits per heavy atom. The number of carbonyl (C=O) groups is 2. The summed E-state index contributed by atoms with van der Waals surface area (Å²) in [5.74, 6) is 0.451. The summed E-state index contributed by atoms with van der Waals surface area (Å²) < 4.78 is 0. The molecule has 10 heteroatoms. The van der Waals surface area contributed by atoms with Crippen LogP contribution < -0.4 is 25.8 Å². The summed E-state index contributed by atoms with van der Waals surface area (Å²) in [5, 5.41) is 18.7. The molecule has 2 aromatic carbocycles. The molecule has 44 heavy (non-hydrogen) atoms. The number of piperazine rings is 1. The molecule has 2 fully saturated rings. The first-order chi connectivity index (χ1) is 21.4. The van der Waals surface area contributed by atoms with Crippen molar-refractivity contribution in [1.29, 1.82) is 5.26 Å². The van der Waals surface area contributed by atoms with E-state index in [9.17, 15) is 9.59 Å². The van der Waals surface area contributed by atoms with E-state index in [0.717, 1.165) is 74.6 Å². The lowest BCUT2D eigenvalue weighted by atomic mass is 9.89. The van der Waals surface area contributed by atoms with Crippen LogP contribution in [0.2, 0.25) is 0 Å². The molecule has 0 radical (unpaired) electrons. The van der Waals surface area contributed by atoms with Gasteiger partial charge in [0.05, 0.1) is 16.9 Å². The first-order valence-electron chi connectivity index (χ1n) is 15.2. The summed E-state index contributed by atoms with van der Waals surface area (Å²) >= 11 is 0. The molecule has 0 bridgehead atoms. The van der Waals surface area contributed by atoms with Gasteiger partial charge in [-0.05, 0) is 74.7 Å². The zero-order valence-corrected chi connectivity index (χ0v) is 25.2. The van der Waals surface area contributed by atoms with Crippen molar-refractivity contribution in [3.8, 4) is 6.07 Å². The second kappa shape index (κ2) is 14.5. The second-order valence-electron chi connectivity index (χ2n) is 11.4. The molecule has 1 aliphatic carbocycles. The molecule has 0 spiro atoms. The largest absolute Gasteiger partial charge is 0.367 e. The van der Waals surface area contributed by atoms with Gasteiger partial charge in [0.25, 0.3) is 0 Å². The molecule has 1 saturated heterocycles. The van der Waals surface area contributed by atoms with Crippen molar-refractivity contribution in [3.05, 3.63) is 90.6 Å². The third kappa shape index (κ3) is 7.74. The molecule has 1 saturated carbocycles. The molecule has 0 unspecified atom stereocenters. The summed E-state index contributed by atoms with van der Waals surface area (Å²) in [6, 6.07) is 21.5. The topological polar surface area (TPSA) is 117 Å². The molecule has 2 heterocycles. The maximum Gasteiger partial charge on any atom is 0.322 e. The van der Waals surface area contributed by atoms with E-state index >= 15 is 0 Å². The summed E-state index contributed by atoms with van der Waals surface area (Å²) in [6.07, 6.45) is 6.13. The molecule has 1 aliphatic heterocycles. The number of benzene rings is 2. The SMILES string of the molecule is C=CC(=O)Nc1cc(N(C(=O)NCc2ccccc2)C2CCC(Nc3ccc(C#N)cn3)CC2)ccc1N1CCN(C)CC1. The van der Waals surface area contributed by atoms with Crippen LogP contribution in [0.3, 0.4) is 0 Å². The Morgan fingerprint density at radius 3 is 2.45 bits per heavy atom. The molecule has 228 valence electrons. The Hall–Kier alpha value is -4.88. The second-order valence-corrected chi connectivity index (χ2v) is 11.4. The smallest absolute Gasteiger partial charge is 0.322 e. The lowest BCUT2D eigenvalue weighted by molar-refractivity contribution is -0.111. The van der Waals surface area contributed by atoms with E-state index in [4.69, 9.17) is 5.26 Å². The van der Waals surface area contributed by atoms with Crippen molar-refractivity contribution in [2.75, 3.05) is 53.7 Å². The molecule has 0 atom stereocenters. The van der Waals surface area contributed by atoms with Gasteiger partial charge >= 0.3 is 6.03 Å². The number of hydrogen-bond donors (Lipinski definition) is 3. The van der Waals surface area contributed by atoms with E-state index in [1.54, 1.807) is 12.3 Å². The Labute approximate surface area is 259 Å². The molecule has 3 amide bonds. The van der Waals surface area contributed by atoms with Gasteiger partial charge in [0.2, 0.25) is 5.91 Å². The fourth-order valence-corrected chi connectivity index (χ4v) is 5.87.